The van der Waals surface area contributed by atoms with E-state index in [9.17, 15) is 14.7 Å². The van der Waals surface area contributed by atoms with Crippen molar-refractivity contribution in [2.75, 3.05) is 10.2 Å². The zero-order chi connectivity index (χ0) is 18.0. The van der Waals surface area contributed by atoms with Gasteiger partial charge in [0, 0.05) is 17.3 Å². The van der Waals surface area contributed by atoms with E-state index in [1.54, 1.807) is 54.6 Å². The van der Waals surface area contributed by atoms with Crippen LogP contribution in [0.3, 0.4) is 0 Å². The zero-order valence-electron chi connectivity index (χ0n) is 14.2. The number of carbonyl (C=O) groups excluding carboxylic acids is 2. The molecule has 25 heavy (non-hydrogen) atoms. The zero-order valence-corrected chi connectivity index (χ0v) is 14.2. The molecule has 2 aromatic rings. The van der Waals surface area contributed by atoms with E-state index < -0.39 is 17.7 Å². The molecule has 1 heterocycles. The molecule has 0 bridgehead atoms. The van der Waals surface area contributed by atoms with Crippen molar-refractivity contribution in [2.45, 2.75) is 32.0 Å². The molecule has 3 amide bonds. The topological polar surface area (TPSA) is 81.7 Å². The van der Waals surface area contributed by atoms with Crippen molar-refractivity contribution in [3.8, 4) is 0 Å². The number of hydrogen-bond acceptors (Lipinski definition) is 3. The smallest absolute Gasteiger partial charge is 0.329 e. The Morgan fingerprint density at radius 2 is 1.84 bits per heavy atom. The molecule has 0 radical (unpaired) electrons. The van der Waals surface area contributed by atoms with Gasteiger partial charge in [-0.2, -0.15) is 0 Å². The van der Waals surface area contributed by atoms with Gasteiger partial charge < -0.3 is 15.7 Å². The second-order valence-electron chi connectivity index (χ2n) is 6.10. The molecule has 3 rings (SSSR count). The van der Waals surface area contributed by atoms with E-state index in [0.29, 0.717) is 23.4 Å². The Morgan fingerprint density at radius 3 is 2.52 bits per heavy atom. The minimum absolute atomic E-state index is 0.133. The summed E-state index contributed by atoms with van der Waals surface area (Å²) >= 11 is 0. The first-order valence-electron chi connectivity index (χ1n) is 8.27. The van der Waals surface area contributed by atoms with Crippen molar-refractivity contribution in [2.24, 2.45) is 0 Å². The van der Waals surface area contributed by atoms with Crippen LogP contribution in [0, 0.1) is 0 Å². The van der Waals surface area contributed by atoms with Crippen molar-refractivity contribution < 1.29 is 14.7 Å². The van der Waals surface area contributed by atoms with Gasteiger partial charge in [0.25, 0.3) is 11.6 Å². The SMILES string of the molecule is CC[C@@H](C)NC(=O)[C@]1(O)c2ccccc2NC(=O)N1c1ccccc1. The number of benzene rings is 2. The molecule has 1 aliphatic heterocycles. The first kappa shape index (κ1) is 17.0. The summed E-state index contributed by atoms with van der Waals surface area (Å²) in [6.45, 7) is 3.79. The highest BCUT2D eigenvalue weighted by Gasteiger charge is 2.52. The largest absolute Gasteiger partial charge is 0.359 e. The van der Waals surface area contributed by atoms with Crippen LogP contribution in [0.2, 0.25) is 0 Å². The van der Waals surface area contributed by atoms with Crippen LogP contribution in [0.15, 0.2) is 54.6 Å². The van der Waals surface area contributed by atoms with Gasteiger partial charge in [0.05, 0.1) is 5.69 Å². The molecular weight excluding hydrogens is 318 g/mol. The van der Waals surface area contributed by atoms with E-state index in [1.165, 1.54) is 0 Å². The normalized spacial score (nSPS) is 20.4. The number of carbonyl (C=O) groups is 2. The molecule has 0 aliphatic carbocycles. The average molecular weight is 339 g/mol. The molecule has 130 valence electrons. The summed E-state index contributed by atoms with van der Waals surface area (Å²) in [5.41, 5.74) is -0.957. The Labute approximate surface area is 146 Å². The van der Waals surface area contributed by atoms with Gasteiger partial charge in [-0.05, 0) is 31.5 Å². The van der Waals surface area contributed by atoms with Gasteiger partial charge in [0.2, 0.25) is 0 Å². The Bertz CT molecular complexity index is 794. The monoisotopic (exact) mass is 339 g/mol. The maximum absolute atomic E-state index is 13.0. The van der Waals surface area contributed by atoms with Crippen LogP contribution in [-0.4, -0.2) is 23.1 Å². The lowest BCUT2D eigenvalue weighted by Crippen LogP contribution is -2.63. The van der Waals surface area contributed by atoms with E-state index >= 15 is 0 Å². The van der Waals surface area contributed by atoms with Gasteiger partial charge in [-0.3, -0.25) is 9.69 Å². The summed E-state index contributed by atoms with van der Waals surface area (Å²) in [4.78, 5) is 26.8. The van der Waals surface area contributed by atoms with Crippen LogP contribution in [0.4, 0.5) is 16.2 Å². The van der Waals surface area contributed by atoms with Crippen LogP contribution in [0.1, 0.15) is 25.8 Å². The minimum Gasteiger partial charge on any atom is -0.359 e. The molecule has 2 aromatic carbocycles. The number of urea groups is 1. The Hall–Kier alpha value is -2.86. The van der Waals surface area contributed by atoms with Gasteiger partial charge in [-0.1, -0.05) is 43.3 Å². The maximum Gasteiger partial charge on any atom is 0.329 e. The van der Waals surface area contributed by atoms with Gasteiger partial charge in [0.15, 0.2) is 0 Å². The van der Waals surface area contributed by atoms with E-state index in [2.05, 4.69) is 10.6 Å². The van der Waals surface area contributed by atoms with Crippen LogP contribution < -0.4 is 15.5 Å². The molecule has 1 aliphatic rings. The average Bonchev–Trinajstić information content (AvgIpc) is 2.62. The second kappa shape index (κ2) is 6.57. The Kier molecular flexibility index (Phi) is 4.46. The van der Waals surface area contributed by atoms with Crippen LogP contribution >= 0.6 is 0 Å². The molecule has 0 saturated carbocycles. The summed E-state index contributed by atoms with van der Waals surface area (Å²) < 4.78 is 0. The Morgan fingerprint density at radius 1 is 1.20 bits per heavy atom. The van der Waals surface area contributed by atoms with Crippen molar-refractivity contribution in [1.82, 2.24) is 5.32 Å². The number of rotatable bonds is 4. The maximum atomic E-state index is 13.0. The highest BCUT2D eigenvalue weighted by atomic mass is 16.3. The van der Waals surface area contributed by atoms with Gasteiger partial charge in [0.1, 0.15) is 0 Å². The number of fused-ring (bicyclic) bond motifs is 1. The molecule has 2 atom stereocenters. The predicted octanol–water partition coefficient (Wildman–Crippen LogP) is 2.80. The van der Waals surface area contributed by atoms with E-state index in [1.807, 2.05) is 13.8 Å². The number of para-hydroxylation sites is 2. The standard InChI is InChI=1S/C19H21N3O3/c1-3-13(2)20-17(23)19(25)15-11-7-8-12-16(15)21-18(24)22(19)14-9-5-4-6-10-14/h4-13,25H,3H2,1-2H3,(H,20,23)(H,21,24)/t13-,19-/m1/s1. The quantitative estimate of drug-likeness (QED) is 0.801. The number of nitrogens with one attached hydrogen (secondary N) is 2. The molecule has 3 N–H and O–H groups in total. The molecule has 6 heteroatoms. The number of nitrogens with zero attached hydrogens (tertiary/aromatic N) is 1. The molecule has 0 aromatic heterocycles. The van der Waals surface area contributed by atoms with Gasteiger partial charge in [-0.15, -0.1) is 0 Å². The molecule has 6 nitrogen and oxygen atoms in total. The lowest BCUT2D eigenvalue weighted by Gasteiger charge is -2.43. The van der Waals surface area contributed by atoms with Gasteiger partial charge >= 0.3 is 6.03 Å². The van der Waals surface area contributed by atoms with Crippen LogP contribution in [0.25, 0.3) is 0 Å². The lowest BCUT2D eigenvalue weighted by molar-refractivity contribution is -0.140. The summed E-state index contributed by atoms with van der Waals surface area (Å²) in [5.74, 6) is -0.631. The summed E-state index contributed by atoms with van der Waals surface area (Å²) in [6, 6.07) is 14.7. The lowest BCUT2D eigenvalue weighted by atomic mass is 9.94. The summed E-state index contributed by atoms with van der Waals surface area (Å²) in [5, 5.41) is 17.0. The second-order valence-corrected chi connectivity index (χ2v) is 6.10. The van der Waals surface area contributed by atoms with E-state index in [0.717, 1.165) is 4.90 Å². The van der Waals surface area contributed by atoms with E-state index in [-0.39, 0.29) is 6.04 Å². The van der Waals surface area contributed by atoms with Crippen molar-refractivity contribution >= 4 is 23.3 Å². The highest BCUT2D eigenvalue weighted by Crippen LogP contribution is 2.39. The Balaban J connectivity index is 2.16. The molecule has 0 fully saturated rings. The minimum atomic E-state index is -2.14. The number of amides is 3. The van der Waals surface area contributed by atoms with Crippen molar-refractivity contribution in [3.63, 3.8) is 0 Å². The van der Waals surface area contributed by atoms with E-state index in [4.69, 9.17) is 0 Å². The van der Waals surface area contributed by atoms with Crippen molar-refractivity contribution in [1.29, 1.82) is 0 Å². The van der Waals surface area contributed by atoms with Crippen LogP contribution in [-0.2, 0) is 10.5 Å². The third-order valence-corrected chi connectivity index (χ3v) is 4.39. The number of hydrogen-bond donors (Lipinski definition) is 3. The van der Waals surface area contributed by atoms with Gasteiger partial charge in [-0.25, -0.2) is 4.79 Å². The third-order valence-electron chi connectivity index (χ3n) is 4.39. The molecule has 0 spiro atoms. The third kappa shape index (κ3) is 2.85. The van der Waals surface area contributed by atoms with Crippen LogP contribution in [0.5, 0.6) is 0 Å². The fourth-order valence-corrected chi connectivity index (χ4v) is 2.87. The predicted molar refractivity (Wildman–Crippen MR) is 96.2 cm³/mol. The summed E-state index contributed by atoms with van der Waals surface area (Å²) in [6.07, 6.45) is 0.709. The first-order chi connectivity index (χ1) is 12.0. The highest BCUT2D eigenvalue weighted by molar-refractivity contribution is 6.11. The number of anilines is 2. The van der Waals surface area contributed by atoms with Crippen molar-refractivity contribution in [3.05, 3.63) is 60.2 Å². The fraction of sp³-hybridized carbons (Fsp3) is 0.263. The fourth-order valence-electron chi connectivity index (χ4n) is 2.87. The number of aliphatic hydroxyl groups is 1. The first-order valence-corrected chi connectivity index (χ1v) is 8.27. The molecule has 0 unspecified atom stereocenters. The summed E-state index contributed by atoms with van der Waals surface area (Å²) in [7, 11) is 0. The molecular formula is C19H21N3O3. The molecule has 0 saturated heterocycles.